The van der Waals surface area contributed by atoms with Gasteiger partial charge in [-0.15, -0.1) is 10.2 Å². The highest BCUT2D eigenvalue weighted by Gasteiger charge is 2.21. The van der Waals surface area contributed by atoms with Crippen molar-refractivity contribution in [2.45, 2.75) is 24.3 Å². The number of amides is 1. The van der Waals surface area contributed by atoms with Crippen LogP contribution in [0.3, 0.4) is 0 Å². The van der Waals surface area contributed by atoms with Gasteiger partial charge in [-0.05, 0) is 38.1 Å². The molecule has 1 atom stereocenters. The molecule has 0 aliphatic rings. The Morgan fingerprint density at radius 2 is 2.07 bits per heavy atom. The van der Waals surface area contributed by atoms with Crippen LogP contribution in [0.5, 0.6) is 0 Å². The number of nitrogen functional groups attached to an aromatic ring is 1. The molecule has 0 radical (unpaired) electrons. The zero-order valence-electron chi connectivity index (χ0n) is 15.0. The van der Waals surface area contributed by atoms with E-state index in [1.165, 1.54) is 16.4 Å². The van der Waals surface area contributed by atoms with E-state index in [4.69, 9.17) is 10.3 Å². The standard InChI is InChI=1S/C17H17N7O3S/c1-8-11(5-6-27-8)14-22-23-17(24(14)18)28-9(2)15(25)19-10-3-4-12-13(7-10)21-16(26)20-12/h3-7,9H,18H2,1-2H3,(H,19,25)(H2,20,21,26). The van der Waals surface area contributed by atoms with Crippen LogP contribution in [0.4, 0.5) is 5.69 Å². The van der Waals surface area contributed by atoms with Gasteiger partial charge in [-0.3, -0.25) is 4.79 Å². The molecule has 0 bridgehead atoms. The van der Waals surface area contributed by atoms with E-state index in [1.54, 1.807) is 37.5 Å². The number of hydrogen-bond donors (Lipinski definition) is 4. The van der Waals surface area contributed by atoms with Crippen LogP contribution in [-0.4, -0.2) is 36.0 Å². The molecule has 0 fully saturated rings. The lowest BCUT2D eigenvalue weighted by Crippen LogP contribution is -2.23. The molecule has 3 heterocycles. The molecular weight excluding hydrogens is 382 g/mol. The summed E-state index contributed by atoms with van der Waals surface area (Å²) < 4.78 is 6.61. The Morgan fingerprint density at radius 1 is 1.29 bits per heavy atom. The molecule has 10 nitrogen and oxygen atoms in total. The van der Waals surface area contributed by atoms with Gasteiger partial charge in [0, 0.05) is 5.69 Å². The Morgan fingerprint density at radius 3 is 2.82 bits per heavy atom. The number of carbonyl (C=O) groups is 1. The zero-order valence-corrected chi connectivity index (χ0v) is 15.8. The van der Waals surface area contributed by atoms with Crippen molar-refractivity contribution in [2.24, 2.45) is 0 Å². The van der Waals surface area contributed by atoms with Gasteiger partial charge in [0.1, 0.15) is 5.76 Å². The quantitative estimate of drug-likeness (QED) is 0.296. The lowest BCUT2D eigenvalue weighted by molar-refractivity contribution is -0.115. The van der Waals surface area contributed by atoms with Crippen molar-refractivity contribution in [3.8, 4) is 11.4 Å². The number of rotatable bonds is 5. The Hall–Kier alpha value is -3.47. The van der Waals surface area contributed by atoms with E-state index in [-0.39, 0.29) is 11.6 Å². The van der Waals surface area contributed by atoms with Crippen molar-refractivity contribution in [1.82, 2.24) is 24.8 Å². The van der Waals surface area contributed by atoms with Crippen LogP contribution in [-0.2, 0) is 4.79 Å². The third-order valence-corrected chi connectivity index (χ3v) is 5.26. The number of aryl methyl sites for hydroxylation is 1. The molecule has 5 N–H and O–H groups in total. The Bertz CT molecular complexity index is 1220. The Kier molecular flexibility index (Phi) is 4.43. The average Bonchev–Trinajstić information content (AvgIpc) is 3.33. The molecular formula is C17H17N7O3S. The molecule has 0 aliphatic heterocycles. The minimum absolute atomic E-state index is 0.230. The highest BCUT2D eigenvalue weighted by Crippen LogP contribution is 2.27. The molecule has 0 spiro atoms. The summed E-state index contributed by atoms with van der Waals surface area (Å²) >= 11 is 1.19. The predicted octanol–water partition coefficient (Wildman–Crippen LogP) is 1.85. The number of imidazole rings is 1. The molecule has 1 unspecified atom stereocenters. The summed E-state index contributed by atoms with van der Waals surface area (Å²) in [6.07, 6.45) is 1.55. The smallest absolute Gasteiger partial charge is 0.323 e. The number of hydrogen-bond acceptors (Lipinski definition) is 7. The van der Waals surface area contributed by atoms with Crippen molar-refractivity contribution in [3.05, 3.63) is 46.8 Å². The van der Waals surface area contributed by atoms with Gasteiger partial charge in [0.2, 0.25) is 11.1 Å². The maximum absolute atomic E-state index is 12.5. The van der Waals surface area contributed by atoms with E-state index in [0.717, 1.165) is 5.56 Å². The van der Waals surface area contributed by atoms with Crippen LogP contribution in [0, 0.1) is 6.92 Å². The summed E-state index contributed by atoms with van der Waals surface area (Å²) in [5, 5.41) is 10.9. The first-order valence-electron chi connectivity index (χ1n) is 8.37. The van der Waals surface area contributed by atoms with Crippen LogP contribution in [0.1, 0.15) is 12.7 Å². The van der Waals surface area contributed by atoms with Crippen molar-refractivity contribution in [3.63, 3.8) is 0 Å². The molecule has 144 valence electrons. The molecule has 0 saturated carbocycles. The first-order valence-corrected chi connectivity index (χ1v) is 9.25. The van der Waals surface area contributed by atoms with E-state index in [2.05, 4.69) is 25.5 Å². The molecule has 4 aromatic rings. The zero-order chi connectivity index (χ0) is 19.8. The lowest BCUT2D eigenvalue weighted by atomic mass is 10.2. The average molecular weight is 399 g/mol. The van der Waals surface area contributed by atoms with Crippen molar-refractivity contribution in [2.75, 3.05) is 11.2 Å². The van der Waals surface area contributed by atoms with Crippen LogP contribution in [0.15, 0.2) is 44.9 Å². The summed E-state index contributed by atoms with van der Waals surface area (Å²) in [7, 11) is 0. The number of thioether (sulfide) groups is 1. The maximum Gasteiger partial charge on any atom is 0.323 e. The second-order valence-electron chi connectivity index (χ2n) is 6.16. The lowest BCUT2D eigenvalue weighted by Gasteiger charge is -2.11. The van der Waals surface area contributed by atoms with E-state index in [9.17, 15) is 9.59 Å². The van der Waals surface area contributed by atoms with E-state index < -0.39 is 5.25 Å². The third-order valence-electron chi connectivity index (χ3n) is 4.20. The van der Waals surface area contributed by atoms with Gasteiger partial charge in [-0.1, -0.05) is 11.8 Å². The summed E-state index contributed by atoms with van der Waals surface area (Å²) in [5.74, 6) is 7.00. The number of nitrogens with zero attached hydrogens (tertiary/aromatic N) is 3. The molecule has 1 aromatic carbocycles. The van der Waals surface area contributed by atoms with Crippen LogP contribution in [0.2, 0.25) is 0 Å². The summed E-state index contributed by atoms with van der Waals surface area (Å²) in [6.45, 7) is 3.55. The molecule has 1 amide bonds. The number of carbonyl (C=O) groups excluding carboxylic acids is 1. The highest BCUT2D eigenvalue weighted by atomic mass is 32.2. The minimum atomic E-state index is -0.481. The number of furan rings is 1. The van der Waals surface area contributed by atoms with Gasteiger partial charge < -0.3 is 25.5 Å². The summed E-state index contributed by atoms with van der Waals surface area (Å²) in [5.41, 5.74) is 2.30. The van der Waals surface area contributed by atoms with Crippen molar-refractivity contribution >= 4 is 34.4 Å². The molecule has 3 aromatic heterocycles. The molecule has 28 heavy (non-hydrogen) atoms. The number of aromatic nitrogens is 5. The summed E-state index contributed by atoms with van der Waals surface area (Å²) in [6, 6.07) is 6.88. The molecule has 0 aliphatic carbocycles. The predicted molar refractivity (Wildman–Crippen MR) is 105 cm³/mol. The normalized spacial score (nSPS) is 12.4. The van der Waals surface area contributed by atoms with Gasteiger partial charge in [-0.25, -0.2) is 9.47 Å². The molecule has 4 rings (SSSR count). The first kappa shape index (κ1) is 17.9. The number of aromatic amines is 2. The van der Waals surface area contributed by atoms with Crippen molar-refractivity contribution < 1.29 is 9.21 Å². The van der Waals surface area contributed by atoms with Gasteiger partial charge in [0.15, 0.2) is 5.82 Å². The van der Waals surface area contributed by atoms with E-state index in [1.807, 2.05) is 6.92 Å². The number of nitrogens with one attached hydrogen (secondary N) is 3. The Labute approximate surface area is 162 Å². The summed E-state index contributed by atoms with van der Waals surface area (Å²) in [4.78, 5) is 29.2. The fourth-order valence-corrected chi connectivity index (χ4v) is 3.49. The number of nitrogens with two attached hydrogens (primary N) is 1. The van der Waals surface area contributed by atoms with E-state index >= 15 is 0 Å². The number of fused-ring (bicyclic) bond motifs is 1. The van der Waals surface area contributed by atoms with Crippen molar-refractivity contribution in [1.29, 1.82) is 0 Å². The minimum Gasteiger partial charge on any atom is -0.469 e. The molecule has 11 heteroatoms. The fraction of sp³-hybridized carbons (Fsp3) is 0.176. The largest absolute Gasteiger partial charge is 0.469 e. The fourth-order valence-electron chi connectivity index (χ4n) is 2.72. The van der Waals surface area contributed by atoms with Gasteiger partial charge in [0.05, 0.1) is 28.1 Å². The maximum atomic E-state index is 12.5. The molecule has 0 saturated heterocycles. The SMILES string of the molecule is Cc1occc1-c1nnc(SC(C)C(=O)Nc2ccc3[nH]c(=O)[nH]c3c2)n1N. The van der Waals surface area contributed by atoms with Gasteiger partial charge in [0.25, 0.3) is 0 Å². The van der Waals surface area contributed by atoms with Crippen LogP contribution in [0.25, 0.3) is 22.4 Å². The Balaban J connectivity index is 1.47. The topological polar surface area (TPSA) is 148 Å². The van der Waals surface area contributed by atoms with Gasteiger partial charge in [-0.2, -0.15) is 0 Å². The second-order valence-corrected chi connectivity index (χ2v) is 7.46. The van der Waals surface area contributed by atoms with Crippen LogP contribution >= 0.6 is 11.8 Å². The monoisotopic (exact) mass is 399 g/mol. The number of anilines is 1. The van der Waals surface area contributed by atoms with Gasteiger partial charge >= 0.3 is 5.69 Å². The third kappa shape index (κ3) is 3.27. The highest BCUT2D eigenvalue weighted by molar-refractivity contribution is 8.00. The first-order chi connectivity index (χ1) is 13.4. The van der Waals surface area contributed by atoms with Crippen LogP contribution < -0.4 is 16.8 Å². The van der Waals surface area contributed by atoms with E-state index in [0.29, 0.717) is 33.5 Å². The second kappa shape index (κ2) is 6.93. The number of H-pyrrole nitrogens is 2. The number of benzene rings is 1.